The minimum atomic E-state index is -0.972. The quantitative estimate of drug-likeness (QED) is 0.175. The molecule has 12 heteroatoms. The van der Waals surface area contributed by atoms with E-state index in [0.717, 1.165) is 28.2 Å². The molecule has 1 aliphatic rings. The van der Waals surface area contributed by atoms with Crippen molar-refractivity contribution in [2.75, 3.05) is 16.8 Å². The molecule has 0 radical (unpaired) electrons. The Labute approximate surface area is 230 Å². The number of rotatable bonds is 7. The van der Waals surface area contributed by atoms with Crippen LogP contribution in [-0.2, 0) is 14.4 Å². The molecule has 5 amide bonds. The second-order valence-corrected chi connectivity index (χ2v) is 9.43. The number of halogens is 1. The molecule has 1 aliphatic heterocycles. The fourth-order valence-electron chi connectivity index (χ4n) is 3.79. The first-order chi connectivity index (χ1) is 18.5. The van der Waals surface area contributed by atoms with Gasteiger partial charge in [0.25, 0.3) is 23.4 Å². The summed E-state index contributed by atoms with van der Waals surface area (Å²) in [7, 11) is 0. The van der Waals surface area contributed by atoms with Gasteiger partial charge in [-0.05, 0) is 77.3 Å². The van der Waals surface area contributed by atoms with E-state index in [1.165, 1.54) is 18.2 Å². The van der Waals surface area contributed by atoms with Crippen LogP contribution in [0.2, 0.25) is 0 Å². The number of non-ortho nitro benzene ring substituents is 1. The molecule has 11 nitrogen and oxygen atoms in total. The summed E-state index contributed by atoms with van der Waals surface area (Å²) in [5.41, 5.74) is 2.66. The van der Waals surface area contributed by atoms with E-state index in [0.29, 0.717) is 21.5 Å². The van der Waals surface area contributed by atoms with Crippen LogP contribution in [0.3, 0.4) is 0 Å². The third-order valence-electron chi connectivity index (χ3n) is 5.70. The van der Waals surface area contributed by atoms with Gasteiger partial charge in [-0.2, -0.15) is 0 Å². The Balaban J connectivity index is 1.47. The number of imide groups is 2. The molecule has 3 aromatic rings. The van der Waals surface area contributed by atoms with Crippen molar-refractivity contribution in [1.29, 1.82) is 0 Å². The second kappa shape index (κ2) is 11.3. The maximum Gasteiger partial charge on any atom is 0.335 e. The summed E-state index contributed by atoms with van der Waals surface area (Å²) >= 11 is 3.36. The van der Waals surface area contributed by atoms with Crippen LogP contribution in [0.15, 0.2) is 70.7 Å². The summed E-state index contributed by atoms with van der Waals surface area (Å²) in [4.78, 5) is 61.2. The first-order valence-corrected chi connectivity index (χ1v) is 12.3. The third-order valence-corrected chi connectivity index (χ3v) is 6.32. The summed E-state index contributed by atoms with van der Waals surface area (Å²) in [6, 6.07) is 14.2. The molecule has 198 valence electrons. The largest absolute Gasteiger partial charge is 0.483 e. The van der Waals surface area contributed by atoms with Crippen LogP contribution < -0.4 is 20.3 Å². The molecule has 0 unspecified atom stereocenters. The number of barbiturate groups is 1. The Bertz CT molecular complexity index is 1550. The van der Waals surface area contributed by atoms with Crippen molar-refractivity contribution in [3.05, 3.63) is 97.5 Å². The number of anilines is 2. The maximum absolute atomic E-state index is 13.1. The molecular formula is C27H21BrN4O7. The lowest BCUT2D eigenvalue weighted by Gasteiger charge is -2.26. The molecule has 1 heterocycles. The van der Waals surface area contributed by atoms with E-state index in [1.807, 2.05) is 32.0 Å². The third kappa shape index (κ3) is 6.18. The second-order valence-electron chi connectivity index (χ2n) is 8.58. The highest BCUT2D eigenvalue weighted by atomic mass is 79.9. The van der Waals surface area contributed by atoms with E-state index in [9.17, 15) is 29.3 Å². The average molecular weight is 593 g/mol. The van der Waals surface area contributed by atoms with Gasteiger partial charge in [-0.1, -0.05) is 23.8 Å². The zero-order valence-electron chi connectivity index (χ0n) is 20.7. The van der Waals surface area contributed by atoms with Gasteiger partial charge in [0.2, 0.25) is 0 Å². The lowest BCUT2D eigenvalue weighted by Crippen LogP contribution is -2.54. The molecule has 0 bridgehead atoms. The molecule has 0 atom stereocenters. The summed E-state index contributed by atoms with van der Waals surface area (Å²) in [5.74, 6) is -1.77. The van der Waals surface area contributed by atoms with E-state index in [4.69, 9.17) is 4.74 Å². The first-order valence-electron chi connectivity index (χ1n) is 11.5. The van der Waals surface area contributed by atoms with Gasteiger partial charge in [0.1, 0.15) is 11.3 Å². The highest BCUT2D eigenvalue weighted by Crippen LogP contribution is 2.29. The Morgan fingerprint density at radius 1 is 1.08 bits per heavy atom. The van der Waals surface area contributed by atoms with Crippen LogP contribution in [0.25, 0.3) is 6.08 Å². The highest BCUT2D eigenvalue weighted by molar-refractivity contribution is 9.10. The molecule has 3 aromatic carbocycles. The standard InChI is InChI=1S/C27H21BrN4O7/c1-15-3-9-22(16(2)11-15)29-24(33)14-39-23-10-4-17(13-21(23)28)12-20-25(34)30-27(36)31(26(20)35)18-5-7-19(8-6-18)32(37)38/h3-13H,14H2,1-2H3,(H,29,33)(H,30,34,36)/b20-12-. The van der Waals surface area contributed by atoms with Crippen LogP contribution >= 0.6 is 15.9 Å². The number of urea groups is 1. The lowest BCUT2D eigenvalue weighted by atomic mass is 10.1. The number of nitro benzene ring substituents is 1. The monoisotopic (exact) mass is 592 g/mol. The highest BCUT2D eigenvalue weighted by Gasteiger charge is 2.37. The minimum Gasteiger partial charge on any atom is -0.483 e. The molecule has 0 saturated carbocycles. The van der Waals surface area contributed by atoms with E-state index in [1.54, 1.807) is 18.2 Å². The number of nitrogens with zero attached hydrogens (tertiary/aromatic N) is 2. The smallest absolute Gasteiger partial charge is 0.335 e. The van der Waals surface area contributed by atoms with Crippen molar-refractivity contribution in [2.24, 2.45) is 0 Å². The topological polar surface area (TPSA) is 148 Å². The van der Waals surface area contributed by atoms with Crippen LogP contribution in [0.5, 0.6) is 5.75 Å². The summed E-state index contributed by atoms with van der Waals surface area (Å²) in [6.07, 6.45) is 1.30. The van der Waals surface area contributed by atoms with E-state index in [2.05, 4.69) is 26.6 Å². The van der Waals surface area contributed by atoms with E-state index < -0.39 is 22.8 Å². The number of benzene rings is 3. The summed E-state index contributed by atoms with van der Waals surface area (Å²) in [5, 5.41) is 15.8. The van der Waals surface area contributed by atoms with Gasteiger partial charge >= 0.3 is 6.03 Å². The molecule has 0 aliphatic carbocycles. The van der Waals surface area contributed by atoms with Gasteiger partial charge in [-0.15, -0.1) is 0 Å². The van der Waals surface area contributed by atoms with Gasteiger partial charge in [-0.3, -0.25) is 29.8 Å². The molecule has 2 N–H and O–H groups in total. The van der Waals surface area contributed by atoms with Gasteiger partial charge in [0.15, 0.2) is 6.61 Å². The number of hydrogen-bond donors (Lipinski definition) is 2. The Kier molecular flexibility index (Phi) is 7.86. The van der Waals surface area contributed by atoms with Gasteiger partial charge in [0.05, 0.1) is 15.1 Å². The van der Waals surface area contributed by atoms with Crippen molar-refractivity contribution < 1.29 is 28.8 Å². The van der Waals surface area contributed by atoms with Gasteiger partial charge < -0.3 is 10.1 Å². The predicted molar refractivity (Wildman–Crippen MR) is 146 cm³/mol. The SMILES string of the molecule is Cc1ccc(NC(=O)COc2ccc(/C=C3/C(=O)NC(=O)N(c4ccc([N+](=O)[O-])cc4)C3=O)cc2Br)c(C)c1. The van der Waals surface area contributed by atoms with Crippen molar-refractivity contribution in [3.8, 4) is 5.75 Å². The molecule has 4 rings (SSSR count). The van der Waals surface area contributed by atoms with Gasteiger partial charge in [-0.25, -0.2) is 9.69 Å². The Morgan fingerprint density at radius 3 is 2.44 bits per heavy atom. The van der Waals surface area contributed by atoms with Crippen LogP contribution in [0.1, 0.15) is 16.7 Å². The number of ether oxygens (including phenoxy) is 1. The van der Waals surface area contributed by atoms with Crippen LogP contribution in [0, 0.1) is 24.0 Å². The zero-order chi connectivity index (χ0) is 28.3. The summed E-state index contributed by atoms with van der Waals surface area (Å²) in [6.45, 7) is 3.61. The number of hydrogen-bond acceptors (Lipinski definition) is 7. The van der Waals surface area contributed by atoms with Crippen molar-refractivity contribution >= 4 is 62.8 Å². The number of carbonyl (C=O) groups is 4. The molecule has 1 fully saturated rings. The summed E-state index contributed by atoms with van der Waals surface area (Å²) < 4.78 is 6.07. The minimum absolute atomic E-state index is 0.0607. The Hall–Kier alpha value is -4.84. The predicted octanol–water partition coefficient (Wildman–Crippen LogP) is 4.66. The lowest BCUT2D eigenvalue weighted by molar-refractivity contribution is -0.384. The number of carbonyl (C=O) groups excluding carboxylic acids is 4. The Morgan fingerprint density at radius 2 is 1.79 bits per heavy atom. The zero-order valence-corrected chi connectivity index (χ0v) is 22.3. The fourth-order valence-corrected chi connectivity index (χ4v) is 4.30. The normalized spacial score (nSPS) is 14.3. The van der Waals surface area contributed by atoms with E-state index >= 15 is 0 Å². The molecule has 1 saturated heterocycles. The fraction of sp³-hybridized carbons (Fsp3) is 0.111. The number of nitrogens with one attached hydrogen (secondary N) is 2. The maximum atomic E-state index is 13.1. The van der Waals surface area contributed by atoms with Crippen molar-refractivity contribution in [1.82, 2.24) is 5.32 Å². The first kappa shape index (κ1) is 27.2. The number of nitro groups is 1. The van der Waals surface area contributed by atoms with E-state index in [-0.39, 0.29) is 29.5 Å². The average Bonchev–Trinajstić information content (AvgIpc) is 2.88. The van der Waals surface area contributed by atoms with Crippen molar-refractivity contribution in [3.63, 3.8) is 0 Å². The van der Waals surface area contributed by atoms with Crippen LogP contribution in [0.4, 0.5) is 21.9 Å². The molecular weight excluding hydrogens is 572 g/mol. The molecule has 39 heavy (non-hydrogen) atoms. The van der Waals surface area contributed by atoms with Gasteiger partial charge in [0, 0.05) is 17.8 Å². The molecule has 0 aromatic heterocycles. The van der Waals surface area contributed by atoms with Crippen molar-refractivity contribution in [2.45, 2.75) is 13.8 Å². The van der Waals surface area contributed by atoms with Crippen LogP contribution in [-0.4, -0.2) is 35.3 Å². The number of amides is 5. The molecule has 0 spiro atoms. The number of aryl methyl sites for hydroxylation is 2.